The fraction of sp³-hybridized carbons (Fsp3) is 0.200. The Labute approximate surface area is 160 Å². The molecule has 0 unspecified atom stereocenters. The lowest BCUT2D eigenvalue weighted by Gasteiger charge is -2.09. The van der Waals surface area contributed by atoms with Gasteiger partial charge >= 0.3 is 5.97 Å². The number of anilines is 1. The lowest BCUT2D eigenvalue weighted by molar-refractivity contribution is -0.147. The van der Waals surface area contributed by atoms with Crippen molar-refractivity contribution in [2.75, 3.05) is 11.9 Å². The van der Waals surface area contributed by atoms with Gasteiger partial charge in [-0.2, -0.15) is 0 Å². The van der Waals surface area contributed by atoms with Gasteiger partial charge in [0, 0.05) is 12.0 Å². The molecule has 1 N–H and O–H groups in total. The van der Waals surface area contributed by atoms with Crippen molar-refractivity contribution in [2.45, 2.75) is 19.8 Å². The van der Waals surface area contributed by atoms with Crippen molar-refractivity contribution in [1.29, 1.82) is 0 Å². The van der Waals surface area contributed by atoms with Gasteiger partial charge in [0.1, 0.15) is 0 Å². The van der Waals surface area contributed by atoms with Crippen molar-refractivity contribution in [1.82, 2.24) is 4.98 Å². The Morgan fingerprint density at radius 2 is 1.81 bits per heavy atom. The molecule has 7 heteroatoms. The number of fused-ring (bicyclic) bond motifs is 1. The van der Waals surface area contributed by atoms with Gasteiger partial charge in [-0.1, -0.05) is 24.3 Å². The summed E-state index contributed by atoms with van der Waals surface area (Å²) in [7, 11) is 0. The Balaban J connectivity index is 1.47. The third-order valence-corrected chi connectivity index (χ3v) is 4.92. The summed E-state index contributed by atoms with van der Waals surface area (Å²) < 4.78 is 6.09. The first-order valence-corrected chi connectivity index (χ1v) is 9.24. The number of amides is 1. The van der Waals surface area contributed by atoms with Gasteiger partial charge < -0.3 is 10.1 Å². The van der Waals surface area contributed by atoms with E-state index in [4.69, 9.17) is 4.74 Å². The van der Waals surface area contributed by atoms with Gasteiger partial charge in [0.05, 0.1) is 27.3 Å². The standard InChI is InChI=1S/C20H18N2O4S/c1-13(23)14-6-2-3-7-15(14)21-18(24)12-26-20(25)11-10-19-22-16-8-4-5-9-17(16)27-19/h2-9H,10-12H2,1H3,(H,21,24). The molecule has 0 saturated heterocycles. The van der Waals surface area contributed by atoms with Crippen LogP contribution >= 0.6 is 11.3 Å². The largest absolute Gasteiger partial charge is 0.456 e. The number of aromatic nitrogens is 1. The van der Waals surface area contributed by atoms with Crippen LogP contribution < -0.4 is 5.32 Å². The van der Waals surface area contributed by atoms with Crippen molar-refractivity contribution in [2.24, 2.45) is 0 Å². The number of aryl methyl sites for hydroxylation is 1. The Bertz CT molecular complexity index is 963. The summed E-state index contributed by atoms with van der Waals surface area (Å²) in [5.74, 6) is -1.11. The number of rotatable bonds is 7. The molecular weight excluding hydrogens is 364 g/mol. The smallest absolute Gasteiger partial charge is 0.306 e. The number of thiazole rings is 1. The zero-order chi connectivity index (χ0) is 19.2. The lowest BCUT2D eigenvalue weighted by atomic mass is 10.1. The van der Waals surface area contributed by atoms with Crippen LogP contribution in [0.3, 0.4) is 0 Å². The monoisotopic (exact) mass is 382 g/mol. The number of para-hydroxylation sites is 2. The number of hydrogen-bond acceptors (Lipinski definition) is 6. The van der Waals surface area contributed by atoms with E-state index in [2.05, 4.69) is 10.3 Å². The minimum atomic E-state index is -0.489. The van der Waals surface area contributed by atoms with E-state index in [1.54, 1.807) is 24.3 Å². The quantitative estimate of drug-likeness (QED) is 0.498. The van der Waals surface area contributed by atoms with E-state index in [-0.39, 0.29) is 12.2 Å². The van der Waals surface area contributed by atoms with E-state index in [0.717, 1.165) is 15.2 Å². The van der Waals surface area contributed by atoms with E-state index in [9.17, 15) is 14.4 Å². The average Bonchev–Trinajstić information content (AvgIpc) is 3.08. The van der Waals surface area contributed by atoms with Crippen LogP contribution in [0.4, 0.5) is 5.69 Å². The molecule has 138 valence electrons. The predicted molar refractivity (Wildman–Crippen MR) is 104 cm³/mol. The number of hydrogen-bond donors (Lipinski definition) is 1. The van der Waals surface area contributed by atoms with Gasteiger partial charge in [0.25, 0.3) is 5.91 Å². The van der Waals surface area contributed by atoms with Crippen LogP contribution in [0.5, 0.6) is 0 Å². The Morgan fingerprint density at radius 1 is 1.07 bits per heavy atom. The van der Waals surface area contributed by atoms with E-state index >= 15 is 0 Å². The summed E-state index contributed by atoms with van der Waals surface area (Å²) in [6.07, 6.45) is 0.615. The number of esters is 1. The summed E-state index contributed by atoms with van der Waals surface area (Å²) in [5, 5.41) is 3.45. The SMILES string of the molecule is CC(=O)c1ccccc1NC(=O)COC(=O)CCc1nc2ccccc2s1. The molecule has 27 heavy (non-hydrogen) atoms. The normalized spacial score (nSPS) is 10.6. The van der Waals surface area contributed by atoms with Crippen LogP contribution in [-0.2, 0) is 20.7 Å². The number of Topliss-reactive ketones (excluding diaryl/α,β-unsaturated/α-hetero) is 1. The van der Waals surface area contributed by atoms with Crippen LogP contribution in [0.1, 0.15) is 28.7 Å². The van der Waals surface area contributed by atoms with Gasteiger partial charge in [0.2, 0.25) is 0 Å². The number of ketones is 1. The van der Waals surface area contributed by atoms with Crippen LogP contribution in [-0.4, -0.2) is 29.3 Å². The van der Waals surface area contributed by atoms with E-state index < -0.39 is 18.5 Å². The van der Waals surface area contributed by atoms with Crippen molar-refractivity contribution in [3.8, 4) is 0 Å². The second-order valence-corrected chi connectivity index (χ2v) is 7.00. The van der Waals surface area contributed by atoms with Gasteiger partial charge in [-0.3, -0.25) is 14.4 Å². The van der Waals surface area contributed by atoms with Crippen LogP contribution in [0.2, 0.25) is 0 Å². The second-order valence-electron chi connectivity index (χ2n) is 5.89. The second kappa shape index (κ2) is 8.55. The maximum absolute atomic E-state index is 12.0. The minimum Gasteiger partial charge on any atom is -0.456 e. The zero-order valence-electron chi connectivity index (χ0n) is 14.7. The molecule has 0 aliphatic rings. The number of nitrogens with zero attached hydrogens (tertiary/aromatic N) is 1. The molecule has 0 spiro atoms. The molecule has 3 rings (SSSR count). The molecule has 1 aromatic heterocycles. The predicted octanol–water partition coefficient (Wildman–Crippen LogP) is 3.61. The van der Waals surface area contributed by atoms with E-state index in [0.29, 0.717) is 17.7 Å². The molecule has 1 heterocycles. The van der Waals surface area contributed by atoms with Crippen LogP contribution in [0.25, 0.3) is 10.2 Å². The number of carbonyl (C=O) groups excluding carboxylic acids is 3. The molecule has 0 saturated carbocycles. The number of ether oxygens (including phenoxy) is 1. The lowest BCUT2D eigenvalue weighted by Crippen LogP contribution is -2.22. The van der Waals surface area contributed by atoms with Crippen LogP contribution in [0, 0.1) is 0 Å². The molecule has 1 amide bonds. The number of benzene rings is 2. The van der Waals surface area contributed by atoms with Crippen molar-refractivity contribution in [3.05, 3.63) is 59.1 Å². The van der Waals surface area contributed by atoms with Gasteiger partial charge in [-0.05, 0) is 31.2 Å². The number of nitrogens with one attached hydrogen (secondary N) is 1. The summed E-state index contributed by atoms with van der Waals surface area (Å²) >= 11 is 1.54. The Hall–Kier alpha value is -3.06. The maximum atomic E-state index is 12.0. The van der Waals surface area contributed by atoms with Gasteiger partial charge in [-0.25, -0.2) is 4.98 Å². The zero-order valence-corrected chi connectivity index (χ0v) is 15.5. The highest BCUT2D eigenvalue weighted by Gasteiger charge is 2.13. The molecule has 3 aromatic rings. The molecule has 0 aliphatic heterocycles. The first kappa shape index (κ1) is 18.7. The first-order chi connectivity index (χ1) is 13.0. The van der Waals surface area contributed by atoms with Crippen LogP contribution in [0.15, 0.2) is 48.5 Å². The van der Waals surface area contributed by atoms with Gasteiger partial charge in [-0.15, -0.1) is 11.3 Å². The van der Waals surface area contributed by atoms with Gasteiger partial charge in [0.15, 0.2) is 12.4 Å². The summed E-state index contributed by atoms with van der Waals surface area (Å²) in [4.78, 5) is 39.9. The maximum Gasteiger partial charge on any atom is 0.306 e. The van der Waals surface area contributed by atoms with Crippen molar-refractivity contribution < 1.29 is 19.1 Å². The number of carbonyl (C=O) groups is 3. The minimum absolute atomic E-state index is 0.150. The molecule has 0 fully saturated rings. The molecule has 0 radical (unpaired) electrons. The summed E-state index contributed by atoms with van der Waals surface area (Å²) in [6.45, 7) is 1.03. The van der Waals surface area contributed by atoms with E-state index in [1.165, 1.54) is 18.3 Å². The molecule has 2 aromatic carbocycles. The summed E-state index contributed by atoms with van der Waals surface area (Å²) in [5.41, 5.74) is 1.72. The van der Waals surface area contributed by atoms with Crippen molar-refractivity contribution >= 4 is 44.9 Å². The Morgan fingerprint density at radius 3 is 2.59 bits per heavy atom. The third-order valence-electron chi connectivity index (χ3n) is 3.83. The highest BCUT2D eigenvalue weighted by atomic mass is 32.1. The highest BCUT2D eigenvalue weighted by Crippen LogP contribution is 2.22. The molecule has 0 aliphatic carbocycles. The molecular formula is C20H18N2O4S. The molecule has 6 nitrogen and oxygen atoms in total. The van der Waals surface area contributed by atoms with E-state index in [1.807, 2.05) is 24.3 Å². The fourth-order valence-electron chi connectivity index (χ4n) is 2.54. The first-order valence-electron chi connectivity index (χ1n) is 8.43. The average molecular weight is 382 g/mol. The van der Waals surface area contributed by atoms with Crippen molar-refractivity contribution in [3.63, 3.8) is 0 Å². The summed E-state index contributed by atoms with van der Waals surface area (Å²) in [6, 6.07) is 14.5. The molecule has 0 bridgehead atoms. The third kappa shape index (κ3) is 4.98. The Kier molecular flexibility index (Phi) is 5.93. The topological polar surface area (TPSA) is 85.4 Å². The highest BCUT2D eigenvalue weighted by molar-refractivity contribution is 7.18. The molecule has 0 atom stereocenters. The fourth-order valence-corrected chi connectivity index (χ4v) is 3.51.